The Labute approximate surface area is 118 Å². The smallest absolute Gasteiger partial charge is 0.321 e. The number of carbonyl (C=O) groups is 2. The van der Waals surface area contributed by atoms with Crippen molar-refractivity contribution in [3.05, 3.63) is 24.3 Å². The fraction of sp³-hybridized carbons (Fsp3) is 0.429. The Morgan fingerprint density at radius 1 is 1.45 bits per heavy atom. The number of nitrogens with two attached hydrogens (primary N) is 1. The summed E-state index contributed by atoms with van der Waals surface area (Å²) in [6.45, 7) is 5.06. The van der Waals surface area contributed by atoms with Gasteiger partial charge in [0.25, 0.3) is 0 Å². The molecule has 0 spiro atoms. The van der Waals surface area contributed by atoms with Gasteiger partial charge in [0.15, 0.2) is 0 Å². The maximum atomic E-state index is 11.9. The van der Waals surface area contributed by atoms with Gasteiger partial charge in [-0.05, 0) is 24.1 Å². The highest BCUT2D eigenvalue weighted by atomic mass is 16.2. The average Bonchev–Trinajstić information content (AvgIpc) is 2.84. The molecule has 0 saturated carbocycles. The van der Waals surface area contributed by atoms with Crippen molar-refractivity contribution in [2.75, 3.05) is 23.3 Å². The Hall–Kier alpha value is -2.08. The Kier molecular flexibility index (Phi) is 4.24. The van der Waals surface area contributed by atoms with Crippen molar-refractivity contribution >= 4 is 23.3 Å². The maximum absolute atomic E-state index is 11.9. The molecule has 1 aromatic carbocycles. The fourth-order valence-corrected chi connectivity index (χ4v) is 2.00. The molecule has 0 unspecified atom stereocenters. The Morgan fingerprint density at radius 3 is 2.80 bits per heavy atom. The molecular weight excluding hydrogens is 256 g/mol. The molecule has 20 heavy (non-hydrogen) atoms. The van der Waals surface area contributed by atoms with Gasteiger partial charge < -0.3 is 16.4 Å². The van der Waals surface area contributed by atoms with Crippen LogP contribution in [0, 0.1) is 5.92 Å². The molecule has 1 aromatic rings. The predicted octanol–water partition coefficient (Wildman–Crippen LogP) is 1.14. The van der Waals surface area contributed by atoms with Gasteiger partial charge in [0.2, 0.25) is 5.91 Å². The molecule has 3 amide bonds. The molecule has 0 radical (unpaired) electrons. The normalized spacial score (nSPS) is 16.2. The molecule has 1 heterocycles. The number of nitrogens with zero attached hydrogens (tertiary/aromatic N) is 1. The maximum Gasteiger partial charge on any atom is 0.321 e. The van der Waals surface area contributed by atoms with Gasteiger partial charge in [-0.2, -0.15) is 0 Å². The monoisotopic (exact) mass is 276 g/mol. The van der Waals surface area contributed by atoms with Crippen LogP contribution in [0.4, 0.5) is 16.2 Å². The van der Waals surface area contributed by atoms with Gasteiger partial charge in [-0.1, -0.05) is 19.9 Å². The number of benzene rings is 1. The summed E-state index contributed by atoms with van der Waals surface area (Å²) in [6, 6.07) is 6.53. The van der Waals surface area contributed by atoms with E-state index in [-0.39, 0.29) is 17.9 Å². The third-order valence-corrected chi connectivity index (χ3v) is 3.30. The number of hydrogen-bond donors (Lipinski definition) is 3. The summed E-state index contributed by atoms with van der Waals surface area (Å²) in [5, 5.41) is 5.52. The summed E-state index contributed by atoms with van der Waals surface area (Å²) in [7, 11) is 0. The van der Waals surface area contributed by atoms with Crippen LogP contribution in [0.15, 0.2) is 24.3 Å². The molecule has 6 heteroatoms. The first-order valence-corrected chi connectivity index (χ1v) is 6.71. The van der Waals surface area contributed by atoms with Crippen molar-refractivity contribution < 1.29 is 9.59 Å². The zero-order valence-electron chi connectivity index (χ0n) is 11.7. The van der Waals surface area contributed by atoms with Crippen LogP contribution in [0.1, 0.15) is 13.8 Å². The molecule has 0 bridgehead atoms. The topological polar surface area (TPSA) is 87.5 Å². The van der Waals surface area contributed by atoms with E-state index >= 15 is 0 Å². The minimum atomic E-state index is -0.547. The van der Waals surface area contributed by atoms with Crippen LogP contribution in [0.2, 0.25) is 0 Å². The van der Waals surface area contributed by atoms with Gasteiger partial charge in [0, 0.05) is 24.5 Å². The molecule has 1 saturated heterocycles. The second kappa shape index (κ2) is 5.92. The minimum Gasteiger partial charge on any atom is -0.336 e. The lowest BCUT2D eigenvalue weighted by Crippen LogP contribution is -2.39. The fourth-order valence-electron chi connectivity index (χ4n) is 2.00. The Morgan fingerprint density at radius 2 is 2.20 bits per heavy atom. The molecule has 1 aliphatic rings. The number of rotatable bonds is 4. The van der Waals surface area contributed by atoms with Crippen LogP contribution in [0.5, 0.6) is 0 Å². The first kappa shape index (κ1) is 14.3. The van der Waals surface area contributed by atoms with E-state index in [4.69, 9.17) is 5.73 Å². The summed E-state index contributed by atoms with van der Waals surface area (Å²) >= 11 is 0. The molecule has 4 N–H and O–H groups in total. The second-order valence-corrected chi connectivity index (χ2v) is 5.19. The minimum absolute atomic E-state index is 0.0718. The van der Waals surface area contributed by atoms with E-state index < -0.39 is 6.04 Å². The quantitative estimate of drug-likeness (QED) is 0.770. The molecule has 108 valence electrons. The van der Waals surface area contributed by atoms with Crippen LogP contribution < -0.4 is 21.3 Å². The number of nitrogens with one attached hydrogen (secondary N) is 2. The molecule has 1 fully saturated rings. The lowest BCUT2D eigenvalue weighted by Gasteiger charge is -2.18. The van der Waals surface area contributed by atoms with Crippen molar-refractivity contribution in [2.45, 2.75) is 19.9 Å². The van der Waals surface area contributed by atoms with Crippen LogP contribution >= 0.6 is 0 Å². The highest BCUT2D eigenvalue weighted by molar-refractivity contribution is 5.97. The molecule has 2 rings (SSSR count). The van der Waals surface area contributed by atoms with Crippen LogP contribution in [-0.4, -0.2) is 31.1 Å². The van der Waals surface area contributed by atoms with Crippen molar-refractivity contribution in [3.8, 4) is 0 Å². The van der Waals surface area contributed by atoms with E-state index in [0.717, 1.165) is 5.69 Å². The average molecular weight is 276 g/mol. The highest BCUT2D eigenvalue weighted by Crippen LogP contribution is 2.21. The molecular formula is C14H20N4O2. The van der Waals surface area contributed by atoms with Crippen molar-refractivity contribution in [1.82, 2.24) is 5.32 Å². The largest absolute Gasteiger partial charge is 0.336 e. The SMILES string of the molecule is CC(C)[C@H](N)C(=O)Nc1cccc(N2CCNC2=O)c1. The van der Waals surface area contributed by atoms with E-state index in [0.29, 0.717) is 18.8 Å². The summed E-state index contributed by atoms with van der Waals surface area (Å²) in [4.78, 5) is 25.2. The molecule has 1 atom stereocenters. The van der Waals surface area contributed by atoms with E-state index in [1.54, 1.807) is 23.1 Å². The number of carbonyl (C=O) groups excluding carboxylic acids is 2. The number of hydrogen-bond acceptors (Lipinski definition) is 3. The first-order valence-electron chi connectivity index (χ1n) is 6.71. The third-order valence-electron chi connectivity index (χ3n) is 3.30. The third kappa shape index (κ3) is 3.08. The van der Waals surface area contributed by atoms with Gasteiger partial charge in [0.1, 0.15) is 0 Å². The van der Waals surface area contributed by atoms with Gasteiger partial charge in [-0.15, -0.1) is 0 Å². The van der Waals surface area contributed by atoms with Gasteiger partial charge in [-0.3, -0.25) is 9.69 Å². The zero-order chi connectivity index (χ0) is 14.7. The summed E-state index contributed by atoms with van der Waals surface area (Å²) in [5.41, 5.74) is 7.21. The van der Waals surface area contributed by atoms with E-state index in [1.807, 2.05) is 19.9 Å². The molecule has 1 aliphatic heterocycles. The molecule has 0 aromatic heterocycles. The van der Waals surface area contributed by atoms with Gasteiger partial charge in [-0.25, -0.2) is 4.79 Å². The van der Waals surface area contributed by atoms with Crippen LogP contribution in [0.3, 0.4) is 0 Å². The van der Waals surface area contributed by atoms with E-state index in [2.05, 4.69) is 10.6 Å². The van der Waals surface area contributed by atoms with Crippen molar-refractivity contribution in [1.29, 1.82) is 0 Å². The van der Waals surface area contributed by atoms with Crippen LogP contribution in [-0.2, 0) is 4.79 Å². The summed E-state index contributed by atoms with van der Waals surface area (Å²) in [5.74, 6) is -0.148. The Balaban J connectivity index is 2.10. The Bertz CT molecular complexity index is 516. The first-order chi connectivity index (χ1) is 9.49. The second-order valence-electron chi connectivity index (χ2n) is 5.19. The number of urea groups is 1. The van der Waals surface area contributed by atoms with E-state index in [1.165, 1.54) is 0 Å². The lowest BCUT2D eigenvalue weighted by molar-refractivity contribution is -0.118. The summed E-state index contributed by atoms with van der Waals surface area (Å²) in [6.07, 6.45) is 0. The standard InChI is InChI=1S/C14H20N4O2/c1-9(2)12(15)13(19)17-10-4-3-5-11(8-10)18-7-6-16-14(18)20/h3-5,8-9,12H,6-7,15H2,1-2H3,(H,16,20)(H,17,19)/t12-/m0/s1. The van der Waals surface area contributed by atoms with Gasteiger partial charge >= 0.3 is 6.03 Å². The lowest BCUT2D eigenvalue weighted by atomic mass is 10.0. The summed E-state index contributed by atoms with van der Waals surface area (Å²) < 4.78 is 0. The van der Waals surface area contributed by atoms with Crippen LogP contribution in [0.25, 0.3) is 0 Å². The van der Waals surface area contributed by atoms with Crippen molar-refractivity contribution in [2.24, 2.45) is 11.7 Å². The number of amides is 3. The zero-order valence-corrected chi connectivity index (χ0v) is 11.7. The predicted molar refractivity (Wildman–Crippen MR) is 78.6 cm³/mol. The van der Waals surface area contributed by atoms with Gasteiger partial charge in [0.05, 0.1) is 6.04 Å². The number of anilines is 2. The van der Waals surface area contributed by atoms with E-state index in [9.17, 15) is 9.59 Å². The highest BCUT2D eigenvalue weighted by Gasteiger charge is 2.22. The molecule has 6 nitrogen and oxygen atoms in total. The van der Waals surface area contributed by atoms with Crippen molar-refractivity contribution in [3.63, 3.8) is 0 Å². The molecule has 0 aliphatic carbocycles.